The normalized spacial score (nSPS) is 11.9. The van der Waals surface area contributed by atoms with E-state index in [0.29, 0.717) is 35.8 Å². The molecule has 0 heterocycles. The van der Waals surface area contributed by atoms with Crippen molar-refractivity contribution >= 4 is 23.2 Å². The van der Waals surface area contributed by atoms with Crippen molar-refractivity contribution in [3.63, 3.8) is 0 Å². The molecule has 0 unspecified atom stereocenters. The summed E-state index contributed by atoms with van der Waals surface area (Å²) in [5, 5.41) is 4.82. The summed E-state index contributed by atoms with van der Waals surface area (Å²) in [5.41, 5.74) is 3.30. The Balaban J connectivity index is 1.65. The molecule has 31 heavy (non-hydrogen) atoms. The lowest BCUT2D eigenvalue weighted by Gasteiger charge is -2.19. The molecule has 5 heteroatoms. The summed E-state index contributed by atoms with van der Waals surface area (Å²) in [5.74, 6) is 1.49. The van der Waals surface area contributed by atoms with Crippen molar-refractivity contribution in [2.75, 3.05) is 6.61 Å². The molecule has 3 nitrogen and oxygen atoms in total. The number of ether oxygens (including phenoxy) is 2. The van der Waals surface area contributed by atoms with Crippen LogP contribution in [0.2, 0.25) is 10.0 Å². The number of hydrogen-bond acceptors (Lipinski definition) is 3. The van der Waals surface area contributed by atoms with Crippen LogP contribution in [0.25, 0.3) is 0 Å². The SMILES string of the molecule is CCOc1cccc(CN[C@H](C)CCc2ccccc2)c1OCc1ccc(Cl)cc1Cl. The van der Waals surface area contributed by atoms with E-state index in [0.717, 1.165) is 35.5 Å². The van der Waals surface area contributed by atoms with E-state index in [9.17, 15) is 0 Å². The van der Waals surface area contributed by atoms with E-state index in [2.05, 4.69) is 48.6 Å². The first-order valence-electron chi connectivity index (χ1n) is 10.7. The zero-order chi connectivity index (χ0) is 22.1. The van der Waals surface area contributed by atoms with Crippen LogP contribution in [0.15, 0.2) is 66.7 Å². The summed E-state index contributed by atoms with van der Waals surface area (Å²) >= 11 is 12.3. The molecule has 164 valence electrons. The highest BCUT2D eigenvalue weighted by Gasteiger charge is 2.13. The first-order valence-corrected chi connectivity index (χ1v) is 11.4. The lowest BCUT2D eigenvalue weighted by Crippen LogP contribution is -2.26. The van der Waals surface area contributed by atoms with Crippen molar-refractivity contribution in [2.45, 2.75) is 45.9 Å². The van der Waals surface area contributed by atoms with Crippen molar-refractivity contribution in [3.05, 3.63) is 93.5 Å². The number of aryl methyl sites for hydroxylation is 1. The second-order valence-corrected chi connectivity index (χ2v) is 8.35. The van der Waals surface area contributed by atoms with Crippen molar-refractivity contribution in [3.8, 4) is 11.5 Å². The molecule has 1 atom stereocenters. The van der Waals surface area contributed by atoms with Crippen molar-refractivity contribution in [2.24, 2.45) is 0 Å². The Morgan fingerprint density at radius 2 is 1.71 bits per heavy atom. The van der Waals surface area contributed by atoms with Gasteiger partial charge in [0.25, 0.3) is 0 Å². The van der Waals surface area contributed by atoms with Gasteiger partial charge >= 0.3 is 0 Å². The molecular weight excluding hydrogens is 429 g/mol. The van der Waals surface area contributed by atoms with Gasteiger partial charge in [0.2, 0.25) is 0 Å². The summed E-state index contributed by atoms with van der Waals surface area (Å²) in [6, 6.07) is 22.4. The zero-order valence-corrected chi connectivity index (χ0v) is 19.5. The van der Waals surface area contributed by atoms with Gasteiger partial charge in [0.05, 0.1) is 6.61 Å². The molecule has 0 aromatic heterocycles. The largest absolute Gasteiger partial charge is 0.490 e. The van der Waals surface area contributed by atoms with E-state index < -0.39 is 0 Å². The summed E-state index contributed by atoms with van der Waals surface area (Å²) < 4.78 is 12.0. The van der Waals surface area contributed by atoms with Gasteiger partial charge in [-0.1, -0.05) is 71.7 Å². The molecular formula is C26H29Cl2NO2. The van der Waals surface area contributed by atoms with Gasteiger partial charge in [-0.15, -0.1) is 0 Å². The van der Waals surface area contributed by atoms with E-state index in [-0.39, 0.29) is 0 Å². The predicted molar refractivity (Wildman–Crippen MR) is 129 cm³/mol. The maximum atomic E-state index is 6.32. The maximum Gasteiger partial charge on any atom is 0.166 e. The molecule has 0 bridgehead atoms. The average molecular weight is 458 g/mol. The number of para-hydroxylation sites is 1. The zero-order valence-electron chi connectivity index (χ0n) is 18.0. The molecule has 1 N–H and O–H groups in total. The molecule has 3 aromatic carbocycles. The Hall–Kier alpha value is -2.20. The summed E-state index contributed by atoms with van der Waals surface area (Å²) in [6.45, 7) is 5.79. The Morgan fingerprint density at radius 3 is 2.45 bits per heavy atom. The lowest BCUT2D eigenvalue weighted by molar-refractivity contribution is 0.265. The molecule has 3 aromatic rings. The van der Waals surface area contributed by atoms with E-state index >= 15 is 0 Å². The molecule has 3 rings (SSSR count). The fourth-order valence-electron chi connectivity index (χ4n) is 3.34. The highest BCUT2D eigenvalue weighted by molar-refractivity contribution is 6.35. The molecule has 0 spiro atoms. The second kappa shape index (κ2) is 12.0. The van der Waals surface area contributed by atoms with E-state index in [4.69, 9.17) is 32.7 Å². The molecule has 0 aliphatic rings. The van der Waals surface area contributed by atoms with Gasteiger partial charge in [-0.2, -0.15) is 0 Å². The first kappa shape index (κ1) is 23.5. The summed E-state index contributed by atoms with van der Waals surface area (Å²) in [6.07, 6.45) is 2.11. The third-order valence-electron chi connectivity index (χ3n) is 5.10. The molecule has 0 fully saturated rings. The van der Waals surface area contributed by atoms with Crippen LogP contribution in [0.4, 0.5) is 0 Å². The van der Waals surface area contributed by atoms with Gasteiger partial charge in [-0.05, 0) is 50.5 Å². The molecule has 0 amide bonds. The van der Waals surface area contributed by atoms with Crippen LogP contribution < -0.4 is 14.8 Å². The monoisotopic (exact) mass is 457 g/mol. The van der Waals surface area contributed by atoms with Gasteiger partial charge in [-0.3, -0.25) is 0 Å². The number of halogens is 2. The lowest BCUT2D eigenvalue weighted by atomic mass is 10.1. The Bertz CT molecular complexity index is 963. The minimum absolute atomic E-state index is 0.344. The molecule has 0 aliphatic heterocycles. The molecule has 0 aliphatic carbocycles. The first-order chi connectivity index (χ1) is 15.1. The minimum Gasteiger partial charge on any atom is -0.490 e. The predicted octanol–water partition coefficient (Wildman–Crippen LogP) is 7.08. The highest BCUT2D eigenvalue weighted by Crippen LogP contribution is 2.33. The van der Waals surface area contributed by atoms with Gasteiger partial charge in [0.15, 0.2) is 11.5 Å². The van der Waals surface area contributed by atoms with Crippen LogP contribution in [0, 0.1) is 0 Å². The maximum absolute atomic E-state index is 6.32. The smallest absolute Gasteiger partial charge is 0.166 e. The fourth-order valence-corrected chi connectivity index (χ4v) is 3.80. The van der Waals surface area contributed by atoms with Crippen LogP contribution in [0.5, 0.6) is 11.5 Å². The standard InChI is InChI=1S/C26H29Cl2NO2/c1-3-30-25-11-7-10-21(17-29-19(2)12-13-20-8-5-4-6-9-20)26(25)31-18-22-14-15-23(27)16-24(22)28/h4-11,14-16,19,29H,3,12-13,17-18H2,1-2H3/t19-/m1/s1. The quantitative estimate of drug-likeness (QED) is 0.333. The van der Waals surface area contributed by atoms with Crippen molar-refractivity contribution < 1.29 is 9.47 Å². The third-order valence-corrected chi connectivity index (χ3v) is 5.68. The third kappa shape index (κ3) is 7.17. The van der Waals surface area contributed by atoms with Crippen LogP contribution in [-0.4, -0.2) is 12.6 Å². The number of rotatable bonds is 11. The second-order valence-electron chi connectivity index (χ2n) is 7.51. The topological polar surface area (TPSA) is 30.5 Å². The Kier molecular flexibility index (Phi) is 9.08. The van der Waals surface area contributed by atoms with Gasteiger partial charge in [-0.25, -0.2) is 0 Å². The van der Waals surface area contributed by atoms with Crippen LogP contribution in [-0.2, 0) is 19.6 Å². The van der Waals surface area contributed by atoms with Gasteiger partial charge < -0.3 is 14.8 Å². The van der Waals surface area contributed by atoms with E-state index in [1.165, 1.54) is 5.56 Å². The highest BCUT2D eigenvalue weighted by atomic mass is 35.5. The average Bonchev–Trinajstić information content (AvgIpc) is 2.77. The fraction of sp³-hybridized carbons (Fsp3) is 0.308. The molecule has 0 saturated carbocycles. The van der Waals surface area contributed by atoms with E-state index in [1.807, 2.05) is 31.2 Å². The summed E-state index contributed by atoms with van der Waals surface area (Å²) in [7, 11) is 0. The van der Waals surface area contributed by atoms with E-state index in [1.54, 1.807) is 6.07 Å². The van der Waals surface area contributed by atoms with Crippen molar-refractivity contribution in [1.82, 2.24) is 5.32 Å². The van der Waals surface area contributed by atoms with Crippen LogP contribution in [0.1, 0.15) is 37.0 Å². The van der Waals surface area contributed by atoms with Crippen LogP contribution >= 0.6 is 23.2 Å². The van der Waals surface area contributed by atoms with Gasteiger partial charge in [0, 0.05) is 33.8 Å². The van der Waals surface area contributed by atoms with Crippen molar-refractivity contribution in [1.29, 1.82) is 0 Å². The number of hydrogen-bond donors (Lipinski definition) is 1. The Labute approximate surface area is 195 Å². The number of nitrogens with one attached hydrogen (secondary N) is 1. The molecule has 0 radical (unpaired) electrons. The number of benzene rings is 3. The van der Waals surface area contributed by atoms with Crippen LogP contribution in [0.3, 0.4) is 0 Å². The molecule has 0 saturated heterocycles. The summed E-state index contributed by atoms with van der Waals surface area (Å²) in [4.78, 5) is 0. The van der Waals surface area contributed by atoms with Gasteiger partial charge in [0.1, 0.15) is 6.61 Å². The minimum atomic E-state index is 0.344. The Morgan fingerprint density at radius 1 is 0.903 bits per heavy atom.